The van der Waals surface area contributed by atoms with E-state index in [1.54, 1.807) is 0 Å². The first kappa shape index (κ1) is 18.8. The largest absolute Gasteiger partial charge is 0.480 e. The van der Waals surface area contributed by atoms with Gasteiger partial charge in [-0.1, -0.05) is 0 Å². The summed E-state index contributed by atoms with van der Waals surface area (Å²) in [7, 11) is 0. The third-order valence-electron chi connectivity index (χ3n) is 2.56. The first-order valence-electron chi connectivity index (χ1n) is 6.11. The molecule has 0 heterocycles. The summed E-state index contributed by atoms with van der Waals surface area (Å²) in [6.45, 7) is 2.50. The number of primary amides is 1. The highest BCUT2D eigenvalue weighted by Crippen LogP contribution is 1.96. The molecule has 3 amide bonds. The Kier molecular flexibility index (Phi) is 7.31. The van der Waals surface area contributed by atoms with Crippen LogP contribution in [0.1, 0.15) is 20.3 Å². The molecule has 0 saturated heterocycles. The number of carbonyl (C=O) groups excluding carboxylic acids is 3. The minimum Gasteiger partial charge on any atom is -0.480 e. The molecule has 0 aromatic carbocycles. The number of carboxylic acids is 1. The second-order valence-corrected chi connectivity index (χ2v) is 4.57. The van der Waals surface area contributed by atoms with Crippen LogP contribution < -0.4 is 22.1 Å². The average molecular weight is 304 g/mol. The number of aliphatic hydroxyl groups is 1. The summed E-state index contributed by atoms with van der Waals surface area (Å²) in [5.41, 5.74) is 10.3. The quantitative estimate of drug-likeness (QED) is 0.270. The topological polar surface area (TPSA) is 185 Å². The lowest BCUT2D eigenvalue weighted by Gasteiger charge is -2.21. The Bertz CT molecular complexity index is 425. The number of nitrogens with one attached hydrogen (secondary N) is 2. The summed E-state index contributed by atoms with van der Waals surface area (Å²) in [5, 5.41) is 22.3. The molecule has 0 aliphatic heterocycles. The summed E-state index contributed by atoms with van der Waals surface area (Å²) in [5.74, 6) is -3.78. The summed E-state index contributed by atoms with van der Waals surface area (Å²) in [6, 6.07) is -3.81. The van der Waals surface area contributed by atoms with Gasteiger partial charge in [0.15, 0.2) is 6.04 Å². The van der Waals surface area contributed by atoms with E-state index in [1.807, 2.05) is 0 Å². The van der Waals surface area contributed by atoms with E-state index in [0.717, 1.165) is 0 Å². The van der Waals surface area contributed by atoms with Gasteiger partial charge in [-0.05, 0) is 13.8 Å². The van der Waals surface area contributed by atoms with E-state index in [0.29, 0.717) is 0 Å². The number of nitrogens with two attached hydrogens (primary N) is 2. The van der Waals surface area contributed by atoms with E-state index in [2.05, 4.69) is 10.6 Å². The van der Waals surface area contributed by atoms with Gasteiger partial charge in [0.1, 0.15) is 6.04 Å². The summed E-state index contributed by atoms with van der Waals surface area (Å²) >= 11 is 0. The van der Waals surface area contributed by atoms with Crippen molar-refractivity contribution in [1.82, 2.24) is 10.6 Å². The van der Waals surface area contributed by atoms with Crippen LogP contribution in [0.15, 0.2) is 0 Å². The van der Waals surface area contributed by atoms with Crippen LogP contribution in [0.3, 0.4) is 0 Å². The van der Waals surface area contributed by atoms with Gasteiger partial charge in [0, 0.05) is 0 Å². The monoisotopic (exact) mass is 304 g/mol. The number of hydrogen-bond acceptors (Lipinski definition) is 6. The van der Waals surface area contributed by atoms with E-state index < -0.39 is 47.9 Å². The van der Waals surface area contributed by atoms with Crippen molar-refractivity contribution in [2.45, 2.75) is 44.5 Å². The van der Waals surface area contributed by atoms with E-state index in [9.17, 15) is 24.3 Å². The van der Waals surface area contributed by atoms with Gasteiger partial charge in [0.05, 0.1) is 18.6 Å². The van der Waals surface area contributed by atoms with Crippen molar-refractivity contribution < 1.29 is 29.4 Å². The number of carbonyl (C=O) groups is 4. The van der Waals surface area contributed by atoms with Crippen molar-refractivity contribution in [3.05, 3.63) is 0 Å². The van der Waals surface area contributed by atoms with Gasteiger partial charge in [-0.3, -0.25) is 14.4 Å². The Labute approximate surface area is 120 Å². The minimum absolute atomic E-state index is 0.383. The summed E-state index contributed by atoms with van der Waals surface area (Å²) in [6.07, 6.45) is -1.70. The number of aliphatic hydroxyl groups excluding tert-OH is 1. The Balaban J connectivity index is 4.54. The molecule has 0 spiro atoms. The van der Waals surface area contributed by atoms with Crippen LogP contribution in [0.2, 0.25) is 0 Å². The van der Waals surface area contributed by atoms with Crippen LogP contribution in [-0.2, 0) is 19.2 Å². The standard InChI is InChI=1S/C11H20N4O6/c1-4(14-10(19)6(12)3-7(13)17)9(18)15-8(5(2)16)11(20)21/h4-6,8,16H,3,12H2,1-2H3,(H2,13,17)(H,14,19)(H,15,18)(H,20,21). The molecule has 0 fully saturated rings. The molecule has 0 aromatic heterocycles. The fourth-order valence-electron chi connectivity index (χ4n) is 1.36. The highest BCUT2D eigenvalue weighted by atomic mass is 16.4. The number of rotatable bonds is 8. The molecule has 10 heteroatoms. The van der Waals surface area contributed by atoms with Gasteiger partial charge >= 0.3 is 5.97 Å². The second-order valence-electron chi connectivity index (χ2n) is 4.57. The normalized spacial score (nSPS) is 16.2. The highest BCUT2D eigenvalue weighted by molar-refractivity contribution is 5.93. The van der Waals surface area contributed by atoms with Gasteiger partial charge in [0.2, 0.25) is 17.7 Å². The van der Waals surface area contributed by atoms with Gasteiger partial charge in [0.25, 0.3) is 0 Å². The third-order valence-corrected chi connectivity index (χ3v) is 2.56. The highest BCUT2D eigenvalue weighted by Gasteiger charge is 2.28. The molecule has 21 heavy (non-hydrogen) atoms. The van der Waals surface area contributed by atoms with Gasteiger partial charge in [-0.15, -0.1) is 0 Å². The zero-order chi connectivity index (χ0) is 16.7. The third kappa shape index (κ3) is 6.68. The van der Waals surface area contributed by atoms with Gasteiger partial charge in [-0.2, -0.15) is 0 Å². The van der Waals surface area contributed by atoms with Crippen LogP contribution >= 0.6 is 0 Å². The maximum Gasteiger partial charge on any atom is 0.328 e. The first-order chi connectivity index (χ1) is 9.56. The smallest absolute Gasteiger partial charge is 0.328 e. The Hall–Kier alpha value is -2.20. The number of carboxylic acid groups (broad SMARTS) is 1. The molecule has 0 rings (SSSR count). The number of hydrogen-bond donors (Lipinski definition) is 6. The van der Waals surface area contributed by atoms with E-state index >= 15 is 0 Å². The molecule has 0 radical (unpaired) electrons. The van der Waals surface area contributed by atoms with Crippen LogP contribution in [0.25, 0.3) is 0 Å². The molecule has 0 aliphatic carbocycles. The Morgan fingerprint density at radius 3 is 2.00 bits per heavy atom. The molecule has 4 atom stereocenters. The Morgan fingerprint density at radius 1 is 1.10 bits per heavy atom. The number of aliphatic carboxylic acids is 1. The average Bonchev–Trinajstić information content (AvgIpc) is 2.33. The van der Waals surface area contributed by atoms with Gasteiger partial charge < -0.3 is 32.3 Å². The molecule has 10 nitrogen and oxygen atoms in total. The molecular weight excluding hydrogens is 284 g/mol. The molecular formula is C11H20N4O6. The van der Waals surface area contributed by atoms with Crippen LogP contribution in [0.4, 0.5) is 0 Å². The predicted molar refractivity (Wildman–Crippen MR) is 70.6 cm³/mol. The molecule has 0 aromatic rings. The summed E-state index contributed by atoms with van der Waals surface area (Å²) < 4.78 is 0. The first-order valence-corrected chi connectivity index (χ1v) is 6.11. The zero-order valence-electron chi connectivity index (χ0n) is 11.7. The summed E-state index contributed by atoms with van der Waals surface area (Å²) in [4.78, 5) is 44.7. The van der Waals surface area contributed by atoms with Crippen molar-refractivity contribution in [3.63, 3.8) is 0 Å². The lowest BCUT2D eigenvalue weighted by Crippen LogP contribution is -2.55. The van der Waals surface area contributed by atoms with Crippen molar-refractivity contribution in [3.8, 4) is 0 Å². The molecule has 120 valence electrons. The number of amides is 3. The fraction of sp³-hybridized carbons (Fsp3) is 0.636. The lowest BCUT2D eigenvalue weighted by molar-refractivity contribution is -0.145. The second kappa shape index (κ2) is 8.17. The van der Waals surface area contributed by atoms with Crippen LogP contribution in [-0.4, -0.2) is 58.1 Å². The minimum atomic E-state index is -1.50. The van der Waals surface area contributed by atoms with Crippen LogP contribution in [0, 0.1) is 0 Å². The van der Waals surface area contributed by atoms with Crippen molar-refractivity contribution in [2.75, 3.05) is 0 Å². The zero-order valence-corrected chi connectivity index (χ0v) is 11.7. The fourth-order valence-corrected chi connectivity index (χ4v) is 1.36. The van der Waals surface area contributed by atoms with Crippen molar-refractivity contribution in [1.29, 1.82) is 0 Å². The molecule has 0 saturated carbocycles. The molecule has 8 N–H and O–H groups in total. The molecule has 4 unspecified atom stereocenters. The molecule has 0 bridgehead atoms. The van der Waals surface area contributed by atoms with Crippen molar-refractivity contribution in [2.24, 2.45) is 11.5 Å². The van der Waals surface area contributed by atoms with Crippen LogP contribution in [0.5, 0.6) is 0 Å². The maximum absolute atomic E-state index is 11.7. The maximum atomic E-state index is 11.7. The van der Waals surface area contributed by atoms with E-state index in [4.69, 9.17) is 16.6 Å². The van der Waals surface area contributed by atoms with E-state index in [1.165, 1.54) is 13.8 Å². The van der Waals surface area contributed by atoms with Crippen molar-refractivity contribution >= 4 is 23.7 Å². The SMILES string of the molecule is CC(NC(=O)C(N)CC(N)=O)C(=O)NC(C(=O)O)C(C)O. The Morgan fingerprint density at radius 2 is 1.62 bits per heavy atom. The molecule has 0 aliphatic rings. The predicted octanol–water partition coefficient (Wildman–Crippen LogP) is -3.36. The van der Waals surface area contributed by atoms with Gasteiger partial charge in [-0.25, -0.2) is 4.79 Å². The van der Waals surface area contributed by atoms with E-state index in [-0.39, 0.29) is 6.42 Å². The lowest BCUT2D eigenvalue weighted by atomic mass is 10.1.